The summed E-state index contributed by atoms with van der Waals surface area (Å²) in [6.07, 6.45) is -2.14. The predicted octanol–water partition coefficient (Wildman–Crippen LogP) is 1.36. The number of amides is 1. The molecule has 0 aromatic carbocycles. The summed E-state index contributed by atoms with van der Waals surface area (Å²) in [5.41, 5.74) is 0.143. The largest absolute Gasteiger partial charge is 0.408 e. The van der Waals surface area contributed by atoms with Gasteiger partial charge in [0, 0.05) is 37.8 Å². The summed E-state index contributed by atoms with van der Waals surface area (Å²) in [4.78, 5) is 16.8. The first-order chi connectivity index (χ1) is 10.4. The molecule has 3 rings (SSSR count). The number of aromatic nitrogens is 1. The van der Waals surface area contributed by atoms with Crippen LogP contribution in [0.25, 0.3) is 0 Å². The lowest BCUT2D eigenvalue weighted by Crippen LogP contribution is -2.53. The van der Waals surface area contributed by atoms with Crippen molar-refractivity contribution < 1.29 is 18.0 Å². The Morgan fingerprint density at radius 3 is 2.86 bits per heavy atom. The first-order valence-electron chi connectivity index (χ1n) is 6.98. The third-order valence-electron chi connectivity index (χ3n) is 3.94. The highest BCUT2D eigenvalue weighted by Gasteiger charge is 2.53. The van der Waals surface area contributed by atoms with Crippen LogP contribution in [0.2, 0.25) is 0 Å². The lowest BCUT2D eigenvalue weighted by Gasteiger charge is -2.32. The number of carbonyl (C=O) groups excluding carboxylic acids is 1. The van der Waals surface area contributed by atoms with Crippen LogP contribution in [0.1, 0.15) is 12.1 Å². The molecule has 1 atom stereocenters. The minimum Gasteiger partial charge on any atom is -0.315 e. The first-order valence-corrected chi connectivity index (χ1v) is 6.98. The number of pyridine rings is 1. The normalized spacial score (nSPS) is 25.1. The van der Waals surface area contributed by atoms with Crippen LogP contribution in [-0.2, 0) is 11.2 Å². The van der Waals surface area contributed by atoms with E-state index in [2.05, 4.69) is 15.4 Å². The van der Waals surface area contributed by atoms with Crippen molar-refractivity contribution >= 4 is 11.6 Å². The van der Waals surface area contributed by atoms with E-state index in [1.165, 1.54) is 0 Å². The van der Waals surface area contributed by atoms with E-state index in [0.29, 0.717) is 29.4 Å². The second-order valence-electron chi connectivity index (χ2n) is 5.53. The van der Waals surface area contributed by atoms with E-state index in [4.69, 9.17) is 0 Å². The third kappa shape index (κ3) is 2.70. The van der Waals surface area contributed by atoms with Gasteiger partial charge < -0.3 is 5.32 Å². The van der Waals surface area contributed by atoms with Gasteiger partial charge >= 0.3 is 6.18 Å². The van der Waals surface area contributed by atoms with Crippen LogP contribution in [0.3, 0.4) is 0 Å². The number of carbonyl (C=O) groups is 1. The number of hydrogen-bond donors (Lipinski definition) is 1. The van der Waals surface area contributed by atoms with E-state index in [0.717, 1.165) is 0 Å². The van der Waals surface area contributed by atoms with Gasteiger partial charge in [-0.1, -0.05) is 6.07 Å². The smallest absolute Gasteiger partial charge is 0.315 e. The van der Waals surface area contributed by atoms with Crippen LogP contribution in [0.5, 0.6) is 0 Å². The molecule has 2 aliphatic rings. The fourth-order valence-electron chi connectivity index (χ4n) is 2.96. The van der Waals surface area contributed by atoms with Gasteiger partial charge in [-0.15, -0.1) is 0 Å². The molecule has 1 N–H and O–H groups in total. The predicted molar refractivity (Wildman–Crippen MR) is 73.1 cm³/mol. The first kappa shape index (κ1) is 15.0. The Kier molecular flexibility index (Phi) is 3.64. The van der Waals surface area contributed by atoms with E-state index in [1.807, 2.05) is 0 Å². The summed E-state index contributed by atoms with van der Waals surface area (Å²) < 4.78 is 37.9. The van der Waals surface area contributed by atoms with Gasteiger partial charge in [-0.25, -0.2) is 5.01 Å². The maximum absolute atomic E-state index is 12.6. The molecule has 0 aliphatic carbocycles. The number of nitrogens with zero attached hydrogens (tertiary/aromatic N) is 3. The molecule has 1 fully saturated rings. The zero-order chi connectivity index (χ0) is 15.8. The number of hydrazone groups is 1. The Morgan fingerprint density at radius 1 is 1.36 bits per heavy atom. The second kappa shape index (κ2) is 5.35. The highest BCUT2D eigenvalue weighted by Crippen LogP contribution is 2.36. The van der Waals surface area contributed by atoms with Crippen molar-refractivity contribution in [3.8, 4) is 0 Å². The van der Waals surface area contributed by atoms with Crippen LogP contribution in [0.15, 0.2) is 29.5 Å². The topological polar surface area (TPSA) is 57.6 Å². The van der Waals surface area contributed by atoms with Gasteiger partial charge in [0.15, 0.2) is 0 Å². The number of nitrogens with one attached hydrogen (secondary N) is 1. The fourth-order valence-corrected chi connectivity index (χ4v) is 2.96. The number of rotatable bonds is 3. The zero-order valence-corrected chi connectivity index (χ0v) is 11.7. The average Bonchev–Trinajstić information content (AvgIpc) is 2.72. The van der Waals surface area contributed by atoms with E-state index in [-0.39, 0.29) is 13.0 Å². The minimum absolute atomic E-state index is 0.257. The van der Waals surface area contributed by atoms with Crippen LogP contribution >= 0.6 is 0 Å². The maximum Gasteiger partial charge on any atom is 0.408 e. The Balaban J connectivity index is 1.90. The summed E-state index contributed by atoms with van der Waals surface area (Å²) in [6, 6.07) is 5.31. The summed E-state index contributed by atoms with van der Waals surface area (Å²) in [5, 5.41) is 7.61. The Bertz CT molecular complexity index is 602. The van der Waals surface area contributed by atoms with Crippen molar-refractivity contribution in [1.82, 2.24) is 15.3 Å². The number of fused-ring (bicyclic) bond motifs is 1. The molecule has 1 amide bonds. The summed E-state index contributed by atoms with van der Waals surface area (Å²) in [7, 11) is 0. The summed E-state index contributed by atoms with van der Waals surface area (Å²) >= 11 is 0. The summed E-state index contributed by atoms with van der Waals surface area (Å²) in [5.74, 6) is -0.599. The Morgan fingerprint density at radius 2 is 2.18 bits per heavy atom. The highest BCUT2D eigenvalue weighted by atomic mass is 19.4. The van der Waals surface area contributed by atoms with Crippen molar-refractivity contribution in [2.75, 3.05) is 19.6 Å². The lowest BCUT2D eigenvalue weighted by atomic mass is 9.75. The maximum atomic E-state index is 12.6. The molecule has 8 heteroatoms. The van der Waals surface area contributed by atoms with Crippen molar-refractivity contribution in [3.05, 3.63) is 30.1 Å². The molecule has 0 unspecified atom stereocenters. The fraction of sp³-hybridized carbons (Fsp3) is 0.500. The van der Waals surface area contributed by atoms with E-state index >= 15 is 0 Å². The monoisotopic (exact) mass is 312 g/mol. The quantitative estimate of drug-likeness (QED) is 0.917. The van der Waals surface area contributed by atoms with E-state index in [9.17, 15) is 18.0 Å². The number of alkyl halides is 3. The van der Waals surface area contributed by atoms with Crippen LogP contribution in [-0.4, -0.2) is 47.4 Å². The van der Waals surface area contributed by atoms with Crippen molar-refractivity contribution in [3.63, 3.8) is 0 Å². The molecule has 1 saturated heterocycles. The Labute approximate surface area is 125 Å². The molecule has 1 aromatic rings. The summed E-state index contributed by atoms with van der Waals surface area (Å²) in [6.45, 7) is -0.454. The third-order valence-corrected chi connectivity index (χ3v) is 3.94. The van der Waals surface area contributed by atoms with E-state index in [1.54, 1.807) is 24.4 Å². The van der Waals surface area contributed by atoms with Gasteiger partial charge in [0.25, 0.3) is 5.91 Å². The number of hydrogen-bond acceptors (Lipinski definition) is 4. The highest BCUT2D eigenvalue weighted by molar-refractivity contribution is 6.13. The molecule has 3 heterocycles. The number of halogens is 3. The average molecular weight is 312 g/mol. The second-order valence-corrected chi connectivity index (χ2v) is 5.53. The van der Waals surface area contributed by atoms with E-state index < -0.39 is 24.0 Å². The van der Waals surface area contributed by atoms with Gasteiger partial charge in [0.1, 0.15) is 12.0 Å². The Hall–Kier alpha value is -1.96. The zero-order valence-electron chi connectivity index (χ0n) is 11.7. The lowest BCUT2D eigenvalue weighted by molar-refractivity contribution is -0.163. The van der Waals surface area contributed by atoms with Crippen LogP contribution in [0, 0.1) is 5.41 Å². The van der Waals surface area contributed by atoms with Gasteiger partial charge in [0.05, 0.1) is 5.71 Å². The van der Waals surface area contributed by atoms with Gasteiger partial charge in [-0.05, 0) is 12.1 Å². The number of piperidine rings is 1. The van der Waals surface area contributed by atoms with Crippen molar-refractivity contribution in [2.45, 2.75) is 19.0 Å². The van der Waals surface area contributed by atoms with Crippen LogP contribution < -0.4 is 5.32 Å². The molecule has 0 radical (unpaired) electrons. The van der Waals surface area contributed by atoms with Gasteiger partial charge in [-0.2, -0.15) is 18.3 Å². The minimum atomic E-state index is -4.47. The molecule has 2 aliphatic heterocycles. The molecular weight excluding hydrogens is 297 g/mol. The molecule has 22 heavy (non-hydrogen) atoms. The van der Waals surface area contributed by atoms with Gasteiger partial charge in [0.2, 0.25) is 0 Å². The molecule has 0 saturated carbocycles. The van der Waals surface area contributed by atoms with Gasteiger partial charge in [-0.3, -0.25) is 9.78 Å². The molecule has 5 nitrogen and oxygen atoms in total. The van der Waals surface area contributed by atoms with Crippen molar-refractivity contribution in [2.24, 2.45) is 10.5 Å². The van der Waals surface area contributed by atoms with Crippen molar-refractivity contribution in [1.29, 1.82) is 0 Å². The molecule has 118 valence electrons. The molecule has 0 spiro atoms. The standard InChI is InChI=1S/C14H15F3N4O/c15-14(16,17)9-21-12(22)13(7-10-3-1-2-5-19-10)8-18-6-4-11(13)20-21/h1-3,5,18H,4,6-9H2/t13-/m1/s1. The molecule has 1 aromatic heterocycles. The molecular formula is C14H15F3N4O. The molecule has 0 bridgehead atoms. The van der Waals surface area contributed by atoms with Crippen LogP contribution in [0.4, 0.5) is 13.2 Å². The SMILES string of the molecule is O=C1N(CC(F)(F)F)N=C2CCNC[C@@]12Cc1ccccn1.